The molecule has 0 spiro atoms. The first kappa shape index (κ1) is 12.9. The maximum Gasteiger partial charge on any atom is 0.227 e. The van der Waals surface area contributed by atoms with Gasteiger partial charge in [-0.25, -0.2) is 0 Å². The first-order valence-corrected chi connectivity index (χ1v) is 6.95. The van der Waals surface area contributed by atoms with Crippen molar-refractivity contribution >= 4 is 17.3 Å². The molecular weight excluding hydrogens is 224 g/mol. The Morgan fingerprint density at radius 3 is 2.61 bits per heavy atom. The van der Waals surface area contributed by atoms with E-state index in [0.717, 1.165) is 30.9 Å². The molecule has 0 atom stereocenters. The van der Waals surface area contributed by atoms with E-state index >= 15 is 0 Å². The molecule has 1 amide bonds. The molecule has 0 aromatic heterocycles. The summed E-state index contributed by atoms with van der Waals surface area (Å²) in [6.07, 6.45) is 5.40. The zero-order valence-electron chi connectivity index (χ0n) is 11.1. The largest absolute Gasteiger partial charge is 0.385 e. The molecule has 1 aromatic rings. The topological polar surface area (TPSA) is 32.3 Å². The number of rotatable bonds is 6. The van der Waals surface area contributed by atoms with Gasteiger partial charge in [-0.05, 0) is 37.1 Å². The molecule has 0 radical (unpaired) electrons. The quantitative estimate of drug-likeness (QED) is 0.780. The highest BCUT2D eigenvalue weighted by Gasteiger charge is 2.21. The van der Waals surface area contributed by atoms with Gasteiger partial charge < -0.3 is 10.2 Å². The summed E-state index contributed by atoms with van der Waals surface area (Å²) in [6, 6.07) is 8.19. The summed E-state index contributed by atoms with van der Waals surface area (Å²) in [6.45, 7) is 4.10. The van der Waals surface area contributed by atoms with Crippen molar-refractivity contribution in [3.63, 3.8) is 0 Å². The molecule has 3 heteroatoms. The van der Waals surface area contributed by atoms with E-state index < -0.39 is 0 Å². The van der Waals surface area contributed by atoms with E-state index in [1.54, 1.807) is 0 Å². The normalized spacial score (nSPS) is 15.2. The number of anilines is 2. The number of nitrogens with one attached hydrogen (secondary N) is 1. The molecule has 1 aliphatic heterocycles. The van der Waals surface area contributed by atoms with Crippen LogP contribution in [-0.2, 0) is 4.79 Å². The number of nitrogens with zero attached hydrogens (tertiary/aromatic N) is 1. The van der Waals surface area contributed by atoms with Gasteiger partial charge in [-0.3, -0.25) is 4.79 Å². The molecule has 0 unspecified atom stereocenters. The first-order valence-electron chi connectivity index (χ1n) is 6.95. The fourth-order valence-corrected chi connectivity index (χ4v) is 2.29. The second-order valence-corrected chi connectivity index (χ2v) is 4.83. The third kappa shape index (κ3) is 3.25. The van der Waals surface area contributed by atoms with E-state index in [4.69, 9.17) is 0 Å². The van der Waals surface area contributed by atoms with E-state index in [2.05, 4.69) is 24.4 Å². The van der Waals surface area contributed by atoms with Crippen LogP contribution in [0.4, 0.5) is 11.4 Å². The highest BCUT2D eigenvalue weighted by molar-refractivity contribution is 5.95. The third-order valence-electron chi connectivity index (χ3n) is 3.36. The number of amides is 1. The van der Waals surface area contributed by atoms with E-state index in [-0.39, 0.29) is 5.91 Å². The first-order chi connectivity index (χ1) is 8.81. The van der Waals surface area contributed by atoms with Crippen molar-refractivity contribution in [2.75, 3.05) is 23.3 Å². The standard InChI is InChI=1S/C15H22N2O/c1-2-3-4-11-16-13-7-9-14(10-8-13)17-12-5-6-15(17)18/h7-10,16H,2-6,11-12H2,1H3. The summed E-state index contributed by atoms with van der Waals surface area (Å²) in [5.74, 6) is 0.249. The van der Waals surface area contributed by atoms with Crippen molar-refractivity contribution in [2.24, 2.45) is 0 Å². The Bertz CT molecular complexity index is 386. The lowest BCUT2D eigenvalue weighted by Crippen LogP contribution is -2.23. The highest BCUT2D eigenvalue weighted by Crippen LogP contribution is 2.22. The van der Waals surface area contributed by atoms with Gasteiger partial charge in [0.25, 0.3) is 0 Å². The SMILES string of the molecule is CCCCCNc1ccc(N2CCCC2=O)cc1. The van der Waals surface area contributed by atoms with Gasteiger partial charge in [0.1, 0.15) is 0 Å². The maximum atomic E-state index is 11.6. The highest BCUT2D eigenvalue weighted by atomic mass is 16.2. The Kier molecular flexibility index (Phi) is 4.62. The maximum absolute atomic E-state index is 11.6. The molecular formula is C15H22N2O. The molecule has 3 nitrogen and oxygen atoms in total. The van der Waals surface area contributed by atoms with Crippen molar-refractivity contribution in [1.29, 1.82) is 0 Å². The molecule has 1 saturated heterocycles. The van der Waals surface area contributed by atoms with Crippen molar-refractivity contribution in [1.82, 2.24) is 0 Å². The molecule has 0 saturated carbocycles. The van der Waals surface area contributed by atoms with Crippen LogP contribution in [0.3, 0.4) is 0 Å². The lowest BCUT2D eigenvalue weighted by molar-refractivity contribution is -0.117. The monoisotopic (exact) mass is 246 g/mol. The van der Waals surface area contributed by atoms with E-state index in [9.17, 15) is 4.79 Å². The van der Waals surface area contributed by atoms with Crippen molar-refractivity contribution in [3.05, 3.63) is 24.3 Å². The molecule has 0 bridgehead atoms. The van der Waals surface area contributed by atoms with Crippen LogP contribution < -0.4 is 10.2 Å². The number of benzene rings is 1. The van der Waals surface area contributed by atoms with Crippen LogP contribution in [-0.4, -0.2) is 19.0 Å². The minimum atomic E-state index is 0.249. The Hall–Kier alpha value is -1.51. The number of carbonyl (C=O) groups excluding carboxylic acids is 1. The summed E-state index contributed by atoms with van der Waals surface area (Å²) in [7, 11) is 0. The van der Waals surface area contributed by atoms with Crippen molar-refractivity contribution in [2.45, 2.75) is 39.0 Å². The summed E-state index contributed by atoms with van der Waals surface area (Å²) in [5.41, 5.74) is 2.16. The zero-order chi connectivity index (χ0) is 12.8. The number of hydrogen-bond acceptors (Lipinski definition) is 2. The number of hydrogen-bond donors (Lipinski definition) is 1. The van der Waals surface area contributed by atoms with Crippen LogP contribution in [0, 0.1) is 0 Å². The van der Waals surface area contributed by atoms with Gasteiger partial charge in [-0.1, -0.05) is 19.8 Å². The van der Waals surface area contributed by atoms with Gasteiger partial charge in [0, 0.05) is 30.9 Å². The second-order valence-electron chi connectivity index (χ2n) is 4.83. The van der Waals surface area contributed by atoms with E-state index in [1.165, 1.54) is 19.3 Å². The fourth-order valence-electron chi connectivity index (χ4n) is 2.29. The van der Waals surface area contributed by atoms with E-state index in [0.29, 0.717) is 6.42 Å². The lowest BCUT2D eigenvalue weighted by atomic mass is 10.2. The van der Waals surface area contributed by atoms with Gasteiger partial charge in [0.2, 0.25) is 5.91 Å². The molecule has 1 N–H and O–H groups in total. The third-order valence-corrected chi connectivity index (χ3v) is 3.36. The molecule has 1 aromatic carbocycles. The average Bonchev–Trinajstić information content (AvgIpc) is 2.82. The summed E-state index contributed by atoms with van der Waals surface area (Å²) in [5, 5.41) is 3.41. The molecule has 1 heterocycles. The van der Waals surface area contributed by atoms with Gasteiger partial charge in [-0.15, -0.1) is 0 Å². The zero-order valence-corrected chi connectivity index (χ0v) is 11.1. The molecule has 0 aliphatic carbocycles. The van der Waals surface area contributed by atoms with Crippen LogP contribution in [0.5, 0.6) is 0 Å². The van der Waals surface area contributed by atoms with Gasteiger partial charge in [0.15, 0.2) is 0 Å². The summed E-state index contributed by atoms with van der Waals surface area (Å²) < 4.78 is 0. The van der Waals surface area contributed by atoms with Crippen LogP contribution in [0.15, 0.2) is 24.3 Å². The van der Waals surface area contributed by atoms with Crippen molar-refractivity contribution in [3.8, 4) is 0 Å². The van der Waals surface area contributed by atoms with E-state index in [1.807, 2.05) is 17.0 Å². The number of unbranched alkanes of at least 4 members (excludes halogenated alkanes) is 2. The Balaban J connectivity index is 1.87. The molecule has 98 valence electrons. The lowest BCUT2D eigenvalue weighted by Gasteiger charge is -2.16. The Morgan fingerprint density at radius 2 is 2.00 bits per heavy atom. The van der Waals surface area contributed by atoms with Crippen LogP contribution in [0.2, 0.25) is 0 Å². The smallest absolute Gasteiger partial charge is 0.227 e. The van der Waals surface area contributed by atoms with Crippen LogP contribution >= 0.6 is 0 Å². The molecule has 18 heavy (non-hydrogen) atoms. The average molecular weight is 246 g/mol. The Morgan fingerprint density at radius 1 is 1.22 bits per heavy atom. The second kappa shape index (κ2) is 6.43. The molecule has 2 rings (SSSR count). The fraction of sp³-hybridized carbons (Fsp3) is 0.533. The van der Waals surface area contributed by atoms with Crippen LogP contribution in [0.1, 0.15) is 39.0 Å². The minimum Gasteiger partial charge on any atom is -0.385 e. The predicted molar refractivity (Wildman–Crippen MR) is 76.0 cm³/mol. The van der Waals surface area contributed by atoms with Crippen LogP contribution in [0.25, 0.3) is 0 Å². The van der Waals surface area contributed by atoms with Gasteiger partial charge >= 0.3 is 0 Å². The van der Waals surface area contributed by atoms with Gasteiger partial charge in [-0.2, -0.15) is 0 Å². The summed E-state index contributed by atoms with van der Waals surface area (Å²) >= 11 is 0. The minimum absolute atomic E-state index is 0.249. The van der Waals surface area contributed by atoms with Gasteiger partial charge in [0.05, 0.1) is 0 Å². The molecule has 1 fully saturated rings. The van der Waals surface area contributed by atoms with Crippen molar-refractivity contribution < 1.29 is 4.79 Å². The Labute approximate surface area is 109 Å². The summed E-state index contributed by atoms with van der Waals surface area (Å²) in [4.78, 5) is 13.5. The molecule has 1 aliphatic rings. The number of carbonyl (C=O) groups is 1. The predicted octanol–water partition coefficient (Wildman–Crippen LogP) is 3.42.